The summed E-state index contributed by atoms with van der Waals surface area (Å²) in [6, 6.07) is 0. The second-order valence-electron chi connectivity index (χ2n) is 3.06. The first kappa shape index (κ1) is 79.0. The molecule has 1 saturated heterocycles. The van der Waals surface area contributed by atoms with Crippen LogP contribution >= 0.6 is 0 Å². The molecule has 0 atom stereocenters. The van der Waals surface area contributed by atoms with Gasteiger partial charge in [-0.3, -0.25) is 0 Å². The van der Waals surface area contributed by atoms with Crippen LogP contribution in [0.25, 0.3) is 0 Å². The van der Waals surface area contributed by atoms with Crippen molar-refractivity contribution >= 4 is 0 Å². The van der Waals surface area contributed by atoms with Gasteiger partial charge < -0.3 is 105 Å². The topological polar surface area (TPSA) is 310 Å². The number of ether oxygens (including phenoxy) is 5. The van der Waals surface area contributed by atoms with E-state index in [2.05, 4.69) is 0 Å². The number of hydrogen-bond donors (Lipinski definition) is 0. The van der Waals surface area contributed by atoms with Crippen molar-refractivity contribution in [2.45, 2.75) is 0 Å². The van der Waals surface area contributed by atoms with Gasteiger partial charge in [0.05, 0.1) is 66.1 Å². The fourth-order valence-corrected chi connectivity index (χ4v) is 1.10. The average Bonchev–Trinajstić information content (AvgIpc) is 2.27. The van der Waals surface area contributed by atoms with Gasteiger partial charge in [-0.05, 0) is 0 Å². The first-order chi connectivity index (χ1) is 7.50. The monoisotopic (exact) mass is 635 g/mol. The van der Waals surface area contributed by atoms with Crippen molar-refractivity contribution < 1.29 is 145 Å². The van der Waals surface area contributed by atoms with Crippen molar-refractivity contribution in [1.29, 1.82) is 0 Å². The van der Waals surface area contributed by atoms with Gasteiger partial charge >= 0.3 is 39.9 Å². The summed E-state index contributed by atoms with van der Waals surface area (Å²) in [5, 5.41) is 0. The van der Waals surface area contributed by atoms with Gasteiger partial charge in [-0.1, -0.05) is 0 Å². The average molecular weight is 636 g/mol. The van der Waals surface area contributed by atoms with Gasteiger partial charge in [-0.2, -0.15) is 0 Å². The Bertz CT molecular complexity index is 101. The smallest absolute Gasteiger partial charge is 1.00 e. The van der Waals surface area contributed by atoms with E-state index in [1.807, 2.05) is 0 Å². The van der Waals surface area contributed by atoms with E-state index in [1.54, 1.807) is 0 Å². The van der Waals surface area contributed by atoms with Crippen molar-refractivity contribution in [2.24, 2.45) is 0 Å². The zero-order chi connectivity index (χ0) is 10.6. The van der Waals surface area contributed by atoms with Gasteiger partial charge in [-0.15, -0.1) is 0 Å². The Balaban J connectivity index is -0.0000000187. The molecular weight excluding hydrogens is 592 g/mol. The predicted molar refractivity (Wildman–Crippen MR) is 93.1 cm³/mol. The largest absolute Gasteiger partial charge is 3.00 e. The SMILES string of the molecule is C1COCCOCCOCCOCCO1.[Cl-].[Cl-].[Cl-].[Gd+3].[OH3+].[OH3+].[OH3+].[OH3+].[OH3+].[OH3+].[OH3+].[OH3+]. The molecule has 183 valence electrons. The summed E-state index contributed by atoms with van der Waals surface area (Å²) in [6.45, 7) is 6.11. The minimum Gasteiger partial charge on any atom is -1.00 e. The molecule has 0 bridgehead atoms. The maximum atomic E-state index is 5.28. The molecule has 0 aromatic rings. The first-order valence-corrected chi connectivity index (χ1v) is 5.39. The van der Waals surface area contributed by atoms with Gasteiger partial charge in [0.25, 0.3) is 0 Å². The van der Waals surface area contributed by atoms with Gasteiger partial charge in [0.1, 0.15) is 0 Å². The molecule has 0 aromatic heterocycles. The van der Waals surface area contributed by atoms with Gasteiger partial charge in [0.2, 0.25) is 0 Å². The van der Waals surface area contributed by atoms with Crippen LogP contribution in [0.2, 0.25) is 0 Å². The molecular formula is C10H44Cl3GdO13+8. The minimum atomic E-state index is 0. The van der Waals surface area contributed by atoms with Crippen LogP contribution < -0.4 is 37.2 Å². The van der Waals surface area contributed by atoms with Crippen LogP contribution in [-0.4, -0.2) is 66.1 Å². The maximum absolute atomic E-state index is 5.28. The van der Waals surface area contributed by atoms with E-state index >= 15 is 0 Å². The Kier molecular flexibility index (Phi) is 207. The van der Waals surface area contributed by atoms with Crippen molar-refractivity contribution in [3.8, 4) is 0 Å². The summed E-state index contributed by atoms with van der Waals surface area (Å²) in [5.41, 5.74) is 0. The maximum Gasteiger partial charge on any atom is 3.00 e. The van der Waals surface area contributed by atoms with Crippen LogP contribution in [0.1, 0.15) is 0 Å². The predicted octanol–water partition coefficient (Wildman–Crippen LogP) is -16.3. The Labute approximate surface area is 209 Å². The third-order valence-electron chi connectivity index (χ3n) is 1.86. The van der Waals surface area contributed by atoms with Crippen LogP contribution in [0.3, 0.4) is 0 Å². The quantitative estimate of drug-likeness (QED) is 0.233. The van der Waals surface area contributed by atoms with E-state index in [9.17, 15) is 0 Å². The number of halogens is 3. The second kappa shape index (κ2) is 70.8. The fourth-order valence-electron chi connectivity index (χ4n) is 1.10. The van der Waals surface area contributed by atoms with Crippen LogP contribution in [-0.2, 0) is 67.5 Å². The molecule has 1 heterocycles. The van der Waals surface area contributed by atoms with E-state index < -0.39 is 0 Å². The second-order valence-corrected chi connectivity index (χ2v) is 3.06. The van der Waals surface area contributed by atoms with E-state index in [-0.39, 0.29) is 121 Å². The third-order valence-corrected chi connectivity index (χ3v) is 1.86. The molecule has 27 heavy (non-hydrogen) atoms. The van der Waals surface area contributed by atoms with Crippen molar-refractivity contribution in [1.82, 2.24) is 0 Å². The summed E-state index contributed by atoms with van der Waals surface area (Å²) in [4.78, 5) is 0. The Morgan fingerprint density at radius 2 is 0.333 bits per heavy atom. The van der Waals surface area contributed by atoms with Crippen molar-refractivity contribution in [2.75, 3.05) is 66.1 Å². The van der Waals surface area contributed by atoms with E-state index in [0.717, 1.165) is 0 Å². The Morgan fingerprint density at radius 3 is 0.407 bits per heavy atom. The fraction of sp³-hybridized carbons (Fsp3) is 1.00. The minimum absolute atomic E-state index is 0. The molecule has 0 spiro atoms. The van der Waals surface area contributed by atoms with Gasteiger partial charge in [-0.25, -0.2) is 0 Å². The molecule has 1 fully saturated rings. The zero-order valence-corrected chi connectivity index (χ0v) is 19.8. The van der Waals surface area contributed by atoms with Crippen LogP contribution in [0.4, 0.5) is 0 Å². The standard InChI is InChI=1S/C10H20O5.3ClH.Gd.8H2O/c1-2-12-5-6-14-9-10-15-8-7-13-4-3-11-1;;;;;;;;;;;;/h1-10H2;3*1H;;8*1H2/q;;;;+3;;;;;;;;/p+5. The summed E-state index contributed by atoms with van der Waals surface area (Å²) in [5.74, 6) is 0. The van der Waals surface area contributed by atoms with Crippen LogP contribution in [0, 0.1) is 39.9 Å². The molecule has 0 aliphatic carbocycles. The Morgan fingerprint density at radius 1 is 0.259 bits per heavy atom. The molecule has 13 nitrogen and oxygen atoms in total. The Hall–Kier alpha value is 1.67. The summed E-state index contributed by atoms with van der Waals surface area (Å²) >= 11 is 0. The third kappa shape index (κ3) is 65.6. The molecule has 24 N–H and O–H groups in total. The summed E-state index contributed by atoms with van der Waals surface area (Å²) < 4.78 is 26.4. The molecule has 0 aromatic carbocycles. The van der Waals surface area contributed by atoms with Crippen LogP contribution in [0.5, 0.6) is 0 Å². The molecule has 1 aliphatic rings. The number of hydrogen-bond acceptors (Lipinski definition) is 5. The van der Waals surface area contributed by atoms with E-state index in [1.165, 1.54) is 0 Å². The van der Waals surface area contributed by atoms with Crippen LogP contribution in [0.15, 0.2) is 0 Å². The van der Waals surface area contributed by atoms with Gasteiger partial charge in [0.15, 0.2) is 0 Å². The molecule has 1 rings (SSSR count). The first-order valence-electron chi connectivity index (χ1n) is 5.39. The molecule has 0 unspecified atom stereocenters. The number of rotatable bonds is 0. The van der Waals surface area contributed by atoms with E-state index in [4.69, 9.17) is 23.7 Å². The molecule has 1 aliphatic heterocycles. The normalized spacial score (nSPS) is 13.3. The summed E-state index contributed by atoms with van der Waals surface area (Å²) in [7, 11) is 0. The summed E-state index contributed by atoms with van der Waals surface area (Å²) in [6.07, 6.45) is 0. The van der Waals surface area contributed by atoms with E-state index in [0.29, 0.717) is 66.1 Å². The molecule has 1 radical (unpaired) electrons. The van der Waals surface area contributed by atoms with Crippen molar-refractivity contribution in [3.05, 3.63) is 0 Å². The zero-order valence-electron chi connectivity index (χ0n) is 15.2. The van der Waals surface area contributed by atoms with Crippen molar-refractivity contribution in [3.63, 3.8) is 0 Å². The molecule has 17 heteroatoms. The molecule has 0 amide bonds. The molecule has 0 saturated carbocycles. The van der Waals surface area contributed by atoms with Gasteiger partial charge in [0, 0.05) is 0 Å².